The third kappa shape index (κ3) is 5.81. The number of hydrogen-bond acceptors (Lipinski definition) is 2. The lowest BCUT2D eigenvalue weighted by molar-refractivity contribution is 0.0933. The Labute approximate surface area is 123 Å². The summed E-state index contributed by atoms with van der Waals surface area (Å²) < 4.78 is 0. The fourth-order valence-corrected chi connectivity index (χ4v) is 2.28. The van der Waals surface area contributed by atoms with E-state index in [4.69, 9.17) is 28.3 Å². The molecule has 0 atom stereocenters. The van der Waals surface area contributed by atoms with Crippen LogP contribution in [0.1, 0.15) is 37.0 Å². The van der Waals surface area contributed by atoms with Crippen molar-refractivity contribution in [1.29, 1.82) is 0 Å². The zero-order chi connectivity index (χ0) is 14.5. The number of amides is 1. The van der Waals surface area contributed by atoms with E-state index < -0.39 is 0 Å². The first-order valence-corrected chi connectivity index (χ1v) is 6.95. The molecular formula is C14H19Cl2NO2. The molecule has 0 heterocycles. The molecule has 0 saturated heterocycles. The lowest BCUT2D eigenvalue weighted by Gasteiger charge is -2.24. The van der Waals surface area contributed by atoms with Gasteiger partial charge in [0.2, 0.25) is 0 Å². The van der Waals surface area contributed by atoms with E-state index in [1.807, 2.05) is 13.8 Å². The second kappa shape index (κ2) is 7.13. The molecule has 5 heteroatoms. The van der Waals surface area contributed by atoms with E-state index in [0.717, 1.165) is 12.8 Å². The van der Waals surface area contributed by atoms with Crippen LogP contribution >= 0.6 is 23.2 Å². The summed E-state index contributed by atoms with van der Waals surface area (Å²) in [6.45, 7) is 4.80. The van der Waals surface area contributed by atoms with Gasteiger partial charge in [0.1, 0.15) is 0 Å². The topological polar surface area (TPSA) is 49.3 Å². The molecule has 0 spiro atoms. The zero-order valence-corrected chi connectivity index (χ0v) is 12.7. The van der Waals surface area contributed by atoms with Crippen LogP contribution in [-0.2, 0) is 0 Å². The van der Waals surface area contributed by atoms with Crippen LogP contribution in [0.25, 0.3) is 0 Å². The quantitative estimate of drug-likeness (QED) is 0.845. The predicted molar refractivity (Wildman–Crippen MR) is 78.9 cm³/mol. The second-order valence-electron chi connectivity index (χ2n) is 5.33. The molecule has 1 aromatic rings. The van der Waals surface area contributed by atoms with Gasteiger partial charge in [-0.15, -0.1) is 0 Å². The maximum absolute atomic E-state index is 12.0. The van der Waals surface area contributed by atoms with Crippen molar-refractivity contribution in [2.24, 2.45) is 5.41 Å². The first-order valence-electron chi connectivity index (χ1n) is 6.19. The molecule has 1 amide bonds. The third-order valence-corrected chi connectivity index (χ3v) is 3.30. The Kier molecular flexibility index (Phi) is 6.11. The summed E-state index contributed by atoms with van der Waals surface area (Å²) >= 11 is 11.7. The number of aliphatic hydroxyl groups is 1. The fraction of sp³-hybridized carbons (Fsp3) is 0.500. The maximum Gasteiger partial charge on any atom is 0.251 e. The molecule has 1 aromatic carbocycles. The normalized spacial score (nSPS) is 11.4. The van der Waals surface area contributed by atoms with Crippen LogP contribution in [0, 0.1) is 5.41 Å². The van der Waals surface area contributed by atoms with E-state index in [9.17, 15) is 4.79 Å². The fourth-order valence-electron chi connectivity index (χ4n) is 1.75. The molecule has 1 rings (SSSR count). The van der Waals surface area contributed by atoms with Crippen molar-refractivity contribution < 1.29 is 9.90 Å². The number of nitrogens with one attached hydrogen (secondary N) is 1. The average molecular weight is 304 g/mol. The van der Waals surface area contributed by atoms with Crippen LogP contribution in [-0.4, -0.2) is 24.2 Å². The van der Waals surface area contributed by atoms with Gasteiger partial charge in [-0.3, -0.25) is 4.79 Å². The van der Waals surface area contributed by atoms with Gasteiger partial charge in [-0.1, -0.05) is 37.0 Å². The molecule has 0 saturated carbocycles. The number of halogens is 2. The van der Waals surface area contributed by atoms with E-state index in [-0.39, 0.29) is 17.9 Å². The molecule has 0 bridgehead atoms. The van der Waals surface area contributed by atoms with Crippen LogP contribution in [0.2, 0.25) is 10.0 Å². The van der Waals surface area contributed by atoms with E-state index in [0.29, 0.717) is 22.2 Å². The predicted octanol–water partition coefficient (Wildman–Crippen LogP) is 3.52. The standard InChI is InChI=1S/C14H19Cl2NO2/c1-14(2,4-3-5-18)9-17-13(19)10-6-11(15)8-12(16)7-10/h6-8,18H,3-5,9H2,1-2H3,(H,17,19). The Morgan fingerprint density at radius 2 is 1.84 bits per heavy atom. The van der Waals surface area contributed by atoms with Gasteiger partial charge in [-0.05, 0) is 36.5 Å². The van der Waals surface area contributed by atoms with Crippen molar-refractivity contribution in [2.75, 3.05) is 13.2 Å². The molecule has 2 N–H and O–H groups in total. The highest BCUT2D eigenvalue weighted by atomic mass is 35.5. The maximum atomic E-state index is 12.0. The Hall–Kier alpha value is -0.770. The van der Waals surface area contributed by atoms with Gasteiger partial charge in [-0.2, -0.15) is 0 Å². The molecular weight excluding hydrogens is 285 g/mol. The molecule has 0 aliphatic rings. The summed E-state index contributed by atoms with van der Waals surface area (Å²) in [6.07, 6.45) is 1.58. The highest BCUT2D eigenvalue weighted by molar-refractivity contribution is 6.35. The third-order valence-electron chi connectivity index (χ3n) is 2.86. The van der Waals surface area contributed by atoms with E-state index in [1.165, 1.54) is 0 Å². The minimum atomic E-state index is -0.193. The minimum Gasteiger partial charge on any atom is -0.396 e. The number of hydrogen-bond donors (Lipinski definition) is 2. The van der Waals surface area contributed by atoms with Crippen LogP contribution in [0.3, 0.4) is 0 Å². The highest BCUT2D eigenvalue weighted by Crippen LogP contribution is 2.22. The van der Waals surface area contributed by atoms with Gasteiger partial charge in [0.05, 0.1) is 0 Å². The summed E-state index contributed by atoms with van der Waals surface area (Å²) in [5.41, 5.74) is 0.399. The van der Waals surface area contributed by atoms with Crippen molar-refractivity contribution in [3.63, 3.8) is 0 Å². The van der Waals surface area contributed by atoms with Gasteiger partial charge >= 0.3 is 0 Å². The molecule has 0 unspecified atom stereocenters. The zero-order valence-electron chi connectivity index (χ0n) is 11.2. The van der Waals surface area contributed by atoms with Gasteiger partial charge in [0.15, 0.2) is 0 Å². The number of rotatable bonds is 6. The lowest BCUT2D eigenvalue weighted by Crippen LogP contribution is -2.34. The molecule has 19 heavy (non-hydrogen) atoms. The van der Waals surface area contributed by atoms with E-state index in [1.54, 1.807) is 18.2 Å². The van der Waals surface area contributed by atoms with Gasteiger partial charge < -0.3 is 10.4 Å². The van der Waals surface area contributed by atoms with Crippen LogP contribution in [0.5, 0.6) is 0 Å². The summed E-state index contributed by atoms with van der Waals surface area (Å²) in [5, 5.41) is 12.6. The number of carbonyl (C=O) groups excluding carboxylic acids is 1. The van der Waals surface area contributed by atoms with Crippen molar-refractivity contribution >= 4 is 29.1 Å². The second-order valence-corrected chi connectivity index (χ2v) is 6.21. The minimum absolute atomic E-state index is 0.0548. The molecule has 0 aromatic heterocycles. The van der Waals surface area contributed by atoms with Crippen molar-refractivity contribution in [1.82, 2.24) is 5.32 Å². The summed E-state index contributed by atoms with van der Waals surface area (Å²) in [6, 6.07) is 4.76. The van der Waals surface area contributed by atoms with Gasteiger partial charge in [0, 0.05) is 28.8 Å². The largest absolute Gasteiger partial charge is 0.396 e. The van der Waals surface area contributed by atoms with Crippen LogP contribution in [0.4, 0.5) is 0 Å². The first kappa shape index (κ1) is 16.3. The van der Waals surface area contributed by atoms with Crippen molar-refractivity contribution in [3.05, 3.63) is 33.8 Å². The highest BCUT2D eigenvalue weighted by Gasteiger charge is 2.19. The summed E-state index contributed by atoms with van der Waals surface area (Å²) in [5.74, 6) is -0.193. The Bertz CT molecular complexity index is 427. The number of benzene rings is 1. The van der Waals surface area contributed by atoms with Crippen molar-refractivity contribution in [2.45, 2.75) is 26.7 Å². The molecule has 0 aliphatic heterocycles. The summed E-state index contributed by atoms with van der Waals surface area (Å²) in [7, 11) is 0. The van der Waals surface area contributed by atoms with Crippen LogP contribution in [0.15, 0.2) is 18.2 Å². The molecule has 0 aliphatic carbocycles. The van der Waals surface area contributed by atoms with Gasteiger partial charge in [-0.25, -0.2) is 0 Å². The molecule has 0 radical (unpaired) electrons. The average Bonchev–Trinajstić information content (AvgIpc) is 2.32. The first-order chi connectivity index (χ1) is 8.84. The molecule has 0 fully saturated rings. The Morgan fingerprint density at radius 1 is 1.26 bits per heavy atom. The molecule has 106 valence electrons. The van der Waals surface area contributed by atoms with E-state index in [2.05, 4.69) is 5.32 Å². The number of aliphatic hydroxyl groups excluding tert-OH is 1. The monoisotopic (exact) mass is 303 g/mol. The van der Waals surface area contributed by atoms with E-state index >= 15 is 0 Å². The lowest BCUT2D eigenvalue weighted by atomic mass is 9.88. The SMILES string of the molecule is CC(C)(CCCO)CNC(=O)c1cc(Cl)cc(Cl)c1. The van der Waals surface area contributed by atoms with Crippen molar-refractivity contribution in [3.8, 4) is 0 Å². The summed E-state index contributed by atoms with van der Waals surface area (Å²) in [4.78, 5) is 12.0. The number of carbonyl (C=O) groups is 1. The van der Waals surface area contributed by atoms with Crippen LogP contribution < -0.4 is 5.32 Å². The molecule has 3 nitrogen and oxygen atoms in total. The van der Waals surface area contributed by atoms with Gasteiger partial charge in [0.25, 0.3) is 5.91 Å². The smallest absolute Gasteiger partial charge is 0.251 e. The Balaban J connectivity index is 2.60. The Morgan fingerprint density at radius 3 is 2.37 bits per heavy atom.